The third kappa shape index (κ3) is 3.28. The molecule has 0 fully saturated rings. The Balaban J connectivity index is 3.11. The molecule has 0 aliphatic heterocycles. The van der Waals surface area contributed by atoms with Crippen molar-refractivity contribution in [3.8, 4) is 0 Å². The van der Waals surface area contributed by atoms with E-state index < -0.39 is 10.7 Å². The molecular formula is C10H13ClFN3O2. The highest BCUT2D eigenvalue weighted by molar-refractivity contribution is 6.31. The number of nitrogens with two attached hydrogens (primary N) is 1. The lowest BCUT2D eigenvalue weighted by Crippen LogP contribution is -2.22. The Morgan fingerprint density at radius 3 is 2.76 bits per heavy atom. The first-order valence-corrected chi connectivity index (χ1v) is 5.39. The first-order chi connectivity index (χ1) is 7.97. The first-order valence-electron chi connectivity index (χ1n) is 5.02. The van der Waals surface area contributed by atoms with Crippen molar-refractivity contribution in [1.82, 2.24) is 0 Å². The number of nitro benzene ring substituents is 1. The lowest BCUT2D eigenvalue weighted by atomic mass is 10.2. The molecule has 0 unspecified atom stereocenters. The van der Waals surface area contributed by atoms with Gasteiger partial charge in [-0.3, -0.25) is 10.1 Å². The van der Waals surface area contributed by atoms with Crippen LogP contribution in [0.2, 0.25) is 5.02 Å². The van der Waals surface area contributed by atoms with E-state index in [1.54, 1.807) is 11.9 Å². The lowest BCUT2D eigenvalue weighted by molar-refractivity contribution is -0.384. The van der Waals surface area contributed by atoms with Crippen LogP contribution in [0, 0.1) is 15.9 Å². The van der Waals surface area contributed by atoms with Crippen molar-refractivity contribution < 1.29 is 9.31 Å². The van der Waals surface area contributed by atoms with Gasteiger partial charge in [0.05, 0.1) is 16.0 Å². The Bertz CT molecular complexity index is 428. The molecule has 1 aromatic carbocycles. The Labute approximate surface area is 103 Å². The van der Waals surface area contributed by atoms with Gasteiger partial charge in [-0.25, -0.2) is 4.39 Å². The van der Waals surface area contributed by atoms with Gasteiger partial charge in [0.1, 0.15) is 11.5 Å². The summed E-state index contributed by atoms with van der Waals surface area (Å²) in [5.41, 5.74) is 5.35. The zero-order chi connectivity index (χ0) is 13.0. The molecule has 5 nitrogen and oxygen atoms in total. The van der Waals surface area contributed by atoms with Gasteiger partial charge in [0.15, 0.2) is 0 Å². The van der Waals surface area contributed by atoms with Crippen LogP contribution in [0.1, 0.15) is 6.42 Å². The van der Waals surface area contributed by atoms with E-state index in [9.17, 15) is 14.5 Å². The maximum absolute atomic E-state index is 13.2. The van der Waals surface area contributed by atoms with Crippen molar-refractivity contribution in [2.24, 2.45) is 5.73 Å². The number of benzene rings is 1. The molecule has 1 rings (SSSR count). The summed E-state index contributed by atoms with van der Waals surface area (Å²) in [5, 5.41) is 10.7. The topological polar surface area (TPSA) is 72.4 Å². The standard InChI is InChI=1S/C10H13ClFN3O2/c1-14(4-2-3-13)9-5-7(11)8(12)6-10(9)15(16)17/h5-6H,2-4,13H2,1H3. The van der Waals surface area contributed by atoms with Gasteiger partial charge in [-0.2, -0.15) is 0 Å². The van der Waals surface area contributed by atoms with Crippen LogP contribution in [-0.4, -0.2) is 25.1 Å². The average Bonchev–Trinajstić information content (AvgIpc) is 2.28. The Hall–Kier alpha value is -1.40. The monoisotopic (exact) mass is 261 g/mol. The molecule has 2 N–H and O–H groups in total. The zero-order valence-corrected chi connectivity index (χ0v) is 10.1. The summed E-state index contributed by atoms with van der Waals surface area (Å²) in [4.78, 5) is 11.8. The number of anilines is 1. The molecule has 0 saturated heterocycles. The first kappa shape index (κ1) is 13.7. The molecule has 0 spiro atoms. The molecule has 0 radical (unpaired) electrons. The Kier molecular flexibility index (Phi) is 4.65. The number of halogens is 2. The molecule has 0 aliphatic rings. The lowest BCUT2D eigenvalue weighted by Gasteiger charge is -2.19. The van der Waals surface area contributed by atoms with Gasteiger partial charge in [-0.1, -0.05) is 11.6 Å². The van der Waals surface area contributed by atoms with Gasteiger partial charge >= 0.3 is 0 Å². The minimum atomic E-state index is -0.797. The predicted molar refractivity (Wildman–Crippen MR) is 65.0 cm³/mol. The molecule has 0 aromatic heterocycles. The van der Waals surface area contributed by atoms with E-state index in [0.717, 1.165) is 6.07 Å². The van der Waals surface area contributed by atoms with Crippen molar-refractivity contribution in [2.45, 2.75) is 6.42 Å². The number of nitrogens with zero attached hydrogens (tertiary/aromatic N) is 2. The van der Waals surface area contributed by atoms with Crippen molar-refractivity contribution in [2.75, 3.05) is 25.0 Å². The zero-order valence-electron chi connectivity index (χ0n) is 9.32. The van der Waals surface area contributed by atoms with Crippen molar-refractivity contribution >= 4 is 23.0 Å². The van der Waals surface area contributed by atoms with E-state index in [4.69, 9.17) is 17.3 Å². The number of hydrogen-bond donors (Lipinski definition) is 1. The summed E-state index contributed by atoms with van der Waals surface area (Å²) in [7, 11) is 1.67. The smallest absolute Gasteiger partial charge is 0.295 e. The summed E-state index contributed by atoms with van der Waals surface area (Å²) in [6.45, 7) is 1.02. The van der Waals surface area contributed by atoms with E-state index in [-0.39, 0.29) is 16.4 Å². The fourth-order valence-electron chi connectivity index (χ4n) is 1.43. The van der Waals surface area contributed by atoms with Crippen LogP contribution in [0.5, 0.6) is 0 Å². The molecule has 0 atom stereocenters. The SMILES string of the molecule is CN(CCCN)c1cc(Cl)c(F)cc1[N+](=O)[O-]. The summed E-state index contributed by atoms with van der Waals surface area (Å²) in [6, 6.07) is 2.09. The molecule has 0 heterocycles. The maximum Gasteiger partial charge on any atom is 0.295 e. The van der Waals surface area contributed by atoms with Gasteiger partial charge < -0.3 is 10.6 Å². The quantitative estimate of drug-likeness (QED) is 0.651. The molecule has 0 saturated carbocycles. The Morgan fingerprint density at radius 1 is 1.59 bits per heavy atom. The van der Waals surface area contributed by atoms with Crippen molar-refractivity contribution in [3.05, 3.63) is 33.1 Å². The third-order valence-corrected chi connectivity index (χ3v) is 2.61. The largest absolute Gasteiger partial charge is 0.369 e. The second-order valence-electron chi connectivity index (χ2n) is 3.58. The van der Waals surface area contributed by atoms with Crippen LogP contribution in [0.3, 0.4) is 0 Å². The van der Waals surface area contributed by atoms with E-state index in [0.29, 0.717) is 19.5 Å². The van der Waals surface area contributed by atoms with Gasteiger partial charge in [-0.15, -0.1) is 0 Å². The molecule has 94 valence electrons. The summed E-state index contributed by atoms with van der Waals surface area (Å²) >= 11 is 5.62. The van der Waals surface area contributed by atoms with E-state index in [2.05, 4.69) is 0 Å². The average molecular weight is 262 g/mol. The fourth-order valence-corrected chi connectivity index (χ4v) is 1.58. The second-order valence-corrected chi connectivity index (χ2v) is 3.98. The Morgan fingerprint density at radius 2 is 2.24 bits per heavy atom. The number of nitro groups is 1. The molecule has 0 aliphatic carbocycles. The minimum Gasteiger partial charge on any atom is -0.369 e. The highest BCUT2D eigenvalue weighted by Crippen LogP contribution is 2.32. The van der Waals surface area contributed by atoms with Crippen LogP contribution in [0.15, 0.2) is 12.1 Å². The fraction of sp³-hybridized carbons (Fsp3) is 0.400. The molecule has 7 heteroatoms. The van der Waals surface area contributed by atoms with Crippen LogP contribution in [0.25, 0.3) is 0 Å². The summed E-state index contributed by atoms with van der Waals surface area (Å²) in [6.07, 6.45) is 0.683. The molecule has 1 aromatic rings. The van der Waals surface area contributed by atoms with Crippen molar-refractivity contribution in [3.63, 3.8) is 0 Å². The van der Waals surface area contributed by atoms with Gasteiger partial charge in [0, 0.05) is 13.6 Å². The summed E-state index contributed by atoms with van der Waals surface area (Å²) < 4.78 is 13.2. The van der Waals surface area contributed by atoms with Crippen LogP contribution < -0.4 is 10.6 Å². The highest BCUT2D eigenvalue weighted by atomic mass is 35.5. The molecule has 17 heavy (non-hydrogen) atoms. The second kappa shape index (κ2) is 5.79. The van der Waals surface area contributed by atoms with Crippen LogP contribution in [-0.2, 0) is 0 Å². The van der Waals surface area contributed by atoms with Crippen molar-refractivity contribution in [1.29, 1.82) is 0 Å². The highest BCUT2D eigenvalue weighted by Gasteiger charge is 2.20. The van der Waals surface area contributed by atoms with E-state index in [1.165, 1.54) is 6.07 Å². The van der Waals surface area contributed by atoms with Gasteiger partial charge in [-0.05, 0) is 19.0 Å². The van der Waals surface area contributed by atoms with Crippen LogP contribution in [0.4, 0.5) is 15.8 Å². The van der Waals surface area contributed by atoms with Gasteiger partial charge in [0.2, 0.25) is 0 Å². The van der Waals surface area contributed by atoms with E-state index in [1.807, 2.05) is 0 Å². The third-order valence-electron chi connectivity index (χ3n) is 2.32. The molecule has 0 amide bonds. The molecular weight excluding hydrogens is 249 g/mol. The van der Waals surface area contributed by atoms with E-state index >= 15 is 0 Å². The van der Waals surface area contributed by atoms with Crippen LogP contribution >= 0.6 is 11.6 Å². The minimum absolute atomic E-state index is 0.134. The molecule has 0 bridgehead atoms. The number of hydrogen-bond acceptors (Lipinski definition) is 4. The predicted octanol–water partition coefficient (Wildman–Crippen LogP) is 2.17. The van der Waals surface area contributed by atoms with Gasteiger partial charge in [0.25, 0.3) is 5.69 Å². The number of rotatable bonds is 5. The maximum atomic E-state index is 13.2. The summed E-state index contributed by atoms with van der Waals surface area (Å²) in [5.74, 6) is -0.797. The normalized spacial score (nSPS) is 10.4.